The van der Waals surface area contributed by atoms with Gasteiger partial charge >= 0.3 is 0 Å². The van der Waals surface area contributed by atoms with E-state index in [1.54, 1.807) is 6.07 Å². The Bertz CT molecular complexity index is 689. The summed E-state index contributed by atoms with van der Waals surface area (Å²) in [6, 6.07) is 8.73. The second-order valence-electron chi connectivity index (χ2n) is 5.10. The molecule has 1 aromatic heterocycles. The molecule has 7 heteroatoms. The van der Waals surface area contributed by atoms with Gasteiger partial charge in [0, 0.05) is 6.07 Å². The molecule has 0 fully saturated rings. The van der Waals surface area contributed by atoms with Crippen molar-refractivity contribution in [3.05, 3.63) is 52.2 Å². The summed E-state index contributed by atoms with van der Waals surface area (Å²) in [5.41, 5.74) is 0.968. The number of nitrogens with zero attached hydrogens (tertiary/aromatic N) is 2. The Balaban J connectivity index is 2.14. The van der Waals surface area contributed by atoms with Gasteiger partial charge in [0.15, 0.2) is 11.5 Å². The summed E-state index contributed by atoms with van der Waals surface area (Å²) in [6.07, 6.45) is 1.23. The van der Waals surface area contributed by atoms with Crippen LogP contribution in [0.2, 0.25) is 0 Å². The Morgan fingerprint density at radius 2 is 1.88 bits per heavy atom. The average Bonchev–Trinajstić information content (AvgIpc) is 2.57. The van der Waals surface area contributed by atoms with Crippen LogP contribution in [0.4, 0.5) is 11.5 Å². The first-order valence-corrected chi connectivity index (χ1v) is 7.81. The van der Waals surface area contributed by atoms with Crippen LogP contribution in [0.5, 0.6) is 11.5 Å². The van der Waals surface area contributed by atoms with Gasteiger partial charge in [-0.2, -0.15) is 0 Å². The zero-order valence-corrected chi connectivity index (χ0v) is 14.0. The smallest absolute Gasteiger partial charge is 0.287 e. The molecule has 2 aromatic rings. The summed E-state index contributed by atoms with van der Waals surface area (Å²) in [6.45, 7) is 6.95. The summed E-state index contributed by atoms with van der Waals surface area (Å²) >= 11 is 0. The van der Waals surface area contributed by atoms with E-state index >= 15 is 0 Å². The van der Waals surface area contributed by atoms with E-state index in [-0.39, 0.29) is 11.7 Å². The van der Waals surface area contributed by atoms with E-state index in [1.807, 2.05) is 39.0 Å². The monoisotopic (exact) mass is 331 g/mol. The lowest BCUT2D eigenvalue weighted by molar-refractivity contribution is -0.385. The quantitative estimate of drug-likeness (QED) is 0.582. The Morgan fingerprint density at radius 1 is 1.17 bits per heavy atom. The minimum atomic E-state index is -0.471. The van der Waals surface area contributed by atoms with E-state index in [1.165, 1.54) is 12.3 Å². The summed E-state index contributed by atoms with van der Waals surface area (Å²) < 4.78 is 11.2. The third-order valence-electron chi connectivity index (χ3n) is 3.39. The maximum Gasteiger partial charge on any atom is 0.287 e. The normalized spacial score (nSPS) is 11.6. The first-order chi connectivity index (χ1) is 11.5. The second-order valence-corrected chi connectivity index (χ2v) is 5.10. The number of nitro groups is 1. The van der Waals surface area contributed by atoms with E-state index < -0.39 is 4.92 Å². The van der Waals surface area contributed by atoms with Crippen molar-refractivity contribution < 1.29 is 14.4 Å². The molecule has 0 saturated heterocycles. The van der Waals surface area contributed by atoms with E-state index in [2.05, 4.69) is 10.3 Å². The van der Waals surface area contributed by atoms with Gasteiger partial charge in [0.2, 0.25) is 0 Å². The summed E-state index contributed by atoms with van der Waals surface area (Å²) in [4.78, 5) is 14.3. The van der Waals surface area contributed by atoms with E-state index in [0.29, 0.717) is 30.5 Å². The number of aromatic nitrogens is 1. The molecule has 1 unspecified atom stereocenters. The Morgan fingerprint density at radius 3 is 2.46 bits per heavy atom. The van der Waals surface area contributed by atoms with Crippen LogP contribution in [-0.4, -0.2) is 23.1 Å². The van der Waals surface area contributed by atoms with Crippen molar-refractivity contribution in [3.63, 3.8) is 0 Å². The first-order valence-electron chi connectivity index (χ1n) is 7.81. The van der Waals surface area contributed by atoms with Gasteiger partial charge in [0.05, 0.1) is 24.2 Å². The molecule has 1 N–H and O–H groups in total. The van der Waals surface area contributed by atoms with Crippen molar-refractivity contribution >= 4 is 11.5 Å². The van der Waals surface area contributed by atoms with Crippen molar-refractivity contribution in [1.82, 2.24) is 4.98 Å². The predicted molar refractivity (Wildman–Crippen MR) is 91.7 cm³/mol. The van der Waals surface area contributed by atoms with Crippen LogP contribution in [-0.2, 0) is 0 Å². The lowest BCUT2D eigenvalue weighted by atomic mass is 10.1. The summed E-state index contributed by atoms with van der Waals surface area (Å²) in [7, 11) is 0. The van der Waals surface area contributed by atoms with E-state index in [0.717, 1.165) is 5.56 Å². The van der Waals surface area contributed by atoms with Gasteiger partial charge in [-0.3, -0.25) is 10.1 Å². The largest absolute Gasteiger partial charge is 0.490 e. The lowest BCUT2D eigenvalue weighted by Crippen LogP contribution is -2.09. The Kier molecular flexibility index (Phi) is 5.95. The molecule has 0 saturated carbocycles. The maximum absolute atomic E-state index is 10.7. The minimum absolute atomic E-state index is 0.0343. The second kappa shape index (κ2) is 8.14. The standard InChI is InChI=1S/C17H21N3O4/c1-4-23-15-8-6-13(10-16(15)24-5-2)12(3)19-17-9-7-14(11-18-17)20(21)22/h6-12H,4-5H2,1-3H3,(H,18,19). The molecule has 2 rings (SSSR count). The fraction of sp³-hybridized carbons (Fsp3) is 0.353. The maximum atomic E-state index is 10.7. The highest BCUT2D eigenvalue weighted by Gasteiger charge is 2.12. The van der Waals surface area contributed by atoms with Crippen LogP contribution in [0.25, 0.3) is 0 Å². The molecule has 24 heavy (non-hydrogen) atoms. The molecule has 0 radical (unpaired) electrons. The summed E-state index contributed by atoms with van der Waals surface area (Å²) in [5, 5.41) is 13.9. The zero-order chi connectivity index (χ0) is 17.5. The van der Waals surface area contributed by atoms with Gasteiger partial charge < -0.3 is 14.8 Å². The molecule has 0 aliphatic heterocycles. The number of rotatable bonds is 8. The molecule has 1 aromatic carbocycles. The van der Waals surface area contributed by atoms with Gasteiger partial charge in [-0.05, 0) is 44.5 Å². The molecule has 0 spiro atoms. The molecule has 1 atom stereocenters. The van der Waals surface area contributed by atoms with Gasteiger partial charge in [0.1, 0.15) is 12.0 Å². The zero-order valence-electron chi connectivity index (χ0n) is 14.0. The topological polar surface area (TPSA) is 86.5 Å². The Labute approximate surface area is 140 Å². The molecule has 0 amide bonds. The predicted octanol–water partition coefficient (Wildman–Crippen LogP) is 3.96. The highest BCUT2D eigenvalue weighted by atomic mass is 16.6. The molecule has 0 bridgehead atoms. The van der Waals surface area contributed by atoms with Gasteiger partial charge in [-0.25, -0.2) is 4.98 Å². The first kappa shape index (κ1) is 17.5. The van der Waals surface area contributed by atoms with Crippen LogP contribution in [0.3, 0.4) is 0 Å². The molecule has 128 valence electrons. The SMILES string of the molecule is CCOc1ccc(C(C)Nc2ccc([N+](=O)[O-])cn2)cc1OCC. The molecular formula is C17H21N3O4. The van der Waals surface area contributed by atoms with Crippen LogP contribution >= 0.6 is 0 Å². The number of hydrogen-bond donors (Lipinski definition) is 1. The van der Waals surface area contributed by atoms with Crippen molar-refractivity contribution in [3.8, 4) is 11.5 Å². The molecule has 0 aliphatic carbocycles. The van der Waals surface area contributed by atoms with Crippen LogP contribution < -0.4 is 14.8 Å². The van der Waals surface area contributed by atoms with Crippen LogP contribution in [0, 0.1) is 10.1 Å². The number of hydrogen-bond acceptors (Lipinski definition) is 6. The minimum Gasteiger partial charge on any atom is -0.490 e. The number of benzene rings is 1. The number of ether oxygens (including phenoxy) is 2. The Hall–Kier alpha value is -2.83. The van der Waals surface area contributed by atoms with Gasteiger partial charge in [-0.1, -0.05) is 6.07 Å². The van der Waals surface area contributed by atoms with Crippen molar-refractivity contribution in [2.75, 3.05) is 18.5 Å². The third-order valence-corrected chi connectivity index (χ3v) is 3.39. The highest BCUT2D eigenvalue weighted by Crippen LogP contribution is 2.31. The molecular weight excluding hydrogens is 310 g/mol. The van der Waals surface area contributed by atoms with E-state index in [9.17, 15) is 10.1 Å². The molecule has 1 heterocycles. The van der Waals surface area contributed by atoms with Crippen molar-refractivity contribution in [2.24, 2.45) is 0 Å². The molecule has 7 nitrogen and oxygen atoms in total. The highest BCUT2D eigenvalue weighted by molar-refractivity contribution is 5.47. The van der Waals surface area contributed by atoms with Crippen LogP contribution in [0.15, 0.2) is 36.5 Å². The number of pyridine rings is 1. The third kappa shape index (κ3) is 4.34. The fourth-order valence-electron chi connectivity index (χ4n) is 2.22. The van der Waals surface area contributed by atoms with Crippen LogP contribution in [0.1, 0.15) is 32.4 Å². The average molecular weight is 331 g/mol. The van der Waals surface area contributed by atoms with Gasteiger partial charge in [0.25, 0.3) is 5.69 Å². The fourth-order valence-corrected chi connectivity index (χ4v) is 2.22. The summed E-state index contributed by atoms with van der Waals surface area (Å²) in [5.74, 6) is 1.98. The van der Waals surface area contributed by atoms with Crippen molar-refractivity contribution in [1.29, 1.82) is 0 Å². The number of anilines is 1. The van der Waals surface area contributed by atoms with Crippen molar-refractivity contribution in [2.45, 2.75) is 26.8 Å². The lowest BCUT2D eigenvalue weighted by Gasteiger charge is -2.17. The molecule has 0 aliphatic rings. The van der Waals surface area contributed by atoms with Gasteiger partial charge in [-0.15, -0.1) is 0 Å². The number of nitrogens with one attached hydrogen (secondary N) is 1. The van der Waals surface area contributed by atoms with E-state index in [4.69, 9.17) is 9.47 Å².